The highest BCUT2D eigenvalue weighted by Crippen LogP contribution is 2.52. The molecule has 0 heterocycles. The summed E-state index contributed by atoms with van der Waals surface area (Å²) >= 11 is 0. The van der Waals surface area contributed by atoms with Crippen molar-refractivity contribution in [2.45, 2.75) is 108 Å². The SMILES string of the molecule is PC(CC1CCCCC1)(C1CCCCC1)C1CCCCC1. The van der Waals surface area contributed by atoms with E-state index in [2.05, 4.69) is 9.24 Å². The van der Waals surface area contributed by atoms with Gasteiger partial charge < -0.3 is 0 Å². The molecule has 0 spiro atoms. The Labute approximate surface area is 135 Å². The van der Waals surface area contributed by atoms with E-state index in [0.717, 1.165) is 17.8 Å². The van der Waals surface area contributed by atoms with Gasteiger partial charge in [0.1, 0.15) is 0 Å². The van der Waals surface area contributed by atoms with Gasteiger partial charge in [-0.05, 0) is 55.0 Å². The van der Waals surface area contributed by atoms with Crippen molar-refractivity contribution in [3.05, 3.63) is 0 Å². The first-order valence-electron chi connectivity index (χ1n) is 10.1. The lowest BCUT2D eigenvalue weighted by Gasteiger charge is -2.49. The van der Waals surface area contributed by atoms with E-state index in [1.165, 1.54) is 96.3 Å². The molecule has 0 saturated heterocycles. The smallest absolute Gasteiger partial charge is 0.00912 e. The summed E-state index contributed by atoms with van der Waals surface area (Å²) in [6.45, 7) is 0. The Morgan fingerprint density at radius 3 is 1.38 bits per heavy atom. The minimum Gasteiger partial charge on any atom is -0.131 e. The van der Waals surface area contributed by atoms with Crippen LogP contribution in [0.3, 0.4) is 0 Å². The molecule has 21 heavy (non-hydrogen) atoms. The molecule has 1 heteroatoms. The predicted molar refractivity (Wildman–Crippen MR) is 96.8 cm³/mol. The van der Waals surface area contributed by atoms with Crippen LogP contribution < -0.4 is 0 Å². The summed E-state index contributed by atoms with van der Waals surface area (Å²) in [5.41, 5.74) is 0. The Kier molecular flexibility index (Phi) is 6.06. The molecule has 0 aliphatic heterocycles. The summed E-state index contributed by atoms with van der Waals surface area (Å²) in [5.74, 6) is 3.11. The van der Waals surface area contributed by atoms with Gasteiger partial charge in [0.15, 0.2) is 0 Å². The summed E-state index contributed by atoms with van der Waals surface area (Å²) in [4.78, 5) is 0. The fourth-order valence-electron chi connectivity index (χ4n) is 5.84. The summed E-state index contributed by atoms with van der Waals surface area (Å²) in [5, 5.41) is 0.614. The van der Waals surface area contributed by atoms with Crippen LogP contribution in [0.5, 0.6) is 0 Å². The van der Waals surface area contributed by atoms with E-state index in [9.17, 15) is 0 Å². The zero-order chi connectivity index (χ0) is 14.5. The van der Waals surface area contributed by atoms with Crippen molar-refractivity contribution in [1.82, 2.24) is 0 Å². The zero-order valence-electron chi connectivity index (χ0n) is 14.1. The highest BCUT2D eigenvalue weighted by Gasteiger charge is 2.43. The fourth-order valence-corrected chi connectivity index (χ4v) is 6.84. The lowest BCUT2D eigenvalue weighted by molar-refractivity contribution is 0.137. The van der Waals surface area contributed by atoms with Gasteiger partial charge >= 0.3 is 0 Å². The number of hydrogen-bond acceptors (Lipinski definition) is 0. The van der Waals surface area contributed by atoms with Crippen molar-refractivity contribution in [3.8, 4) is 0 Å². The molecule has 3 aliphatic rings. The van der Waals surface area contributed by atoms with E-state index >= 15 is 0 Å². The largest absolute Gasteiger partial charge is 0.131 e. The normalized spacial score (nSPS) is 27.9. The molecular formula is C20H37P. The molecule has 1 atom stereocenters. The van der Waals surface area contributed by atoms with Gasteiger partial charge in [0.05, 0.1) is 0 Å². The van der Waals surface area contributed by atoms with Crippen molar-refractivity contribution in [2.75, 3.05) is 0 Å². The molecular weight excluding hydrogens is 271 g/mol. The molecule has 122 valence electrons. The Balaban J connectivity index is 1.71. The van der Waals surface area contributed by atoms with Crippen LogP contribution in [0.1, 0.15) is 103 Å². The third-order valence-electron chi connectivity index (χ3n) is 7.10. The molecule has 0 N–H and O–H groups in total. The predicted octanol–water partition coefficient (Wildman–Crippen LogP) is 6.73. The van der Waals surface area contributed by atoms with Crippen molar-refractivity contribution >= 4 is 9.24 Å². The van der Waals surface area contributed by atoms with Crippen LogP contribution in [-0.4, -0.2) is 5.16 Å². The Bertz CT molecular complexity index is 275. The van der Waals surface area contributed by atoms with E-state index in [1.807, 2.05) is 0 Å². The monoisotopic (exact) mass is 308 g/mol. The Hall–Kier alpha value is 0.430. The molecule has 0 aromatic rings. The lowest BCUT2D eigenvalue weighted by atomic mass is 9.64. The second kappa shape index (κ2) is 7.81. The molecule has 0 nitrogen and oxygen atoms in total. The molecule has 0 amide bonds. The number of hydrogen-bond donors (Lipinski definition) is 0. The Morgan fingerprint density at radius 1 is 0.571 bits per heavy atom. The summed E-state index contributed by atoms with van der Waals surface area (Å²) < 4.78 is 0. The van der Waals surface area contributed by atoms with Gasteiger partial charge in [-0.2, -0.15) is 0 Å². The van der Waals surface area contributed by atoms with Crippen LogP contribution >= 0.6 is 9.24 Å². The van der Waals surface area contributed by atoms with Gasteiger partial charge in [0.2, 0.25) is 0 Å². The molecule has 0 aromatic carbocycles. The van der Waals surface area contributed by atoms with E-state index in [-0.39, 0.29) is 0 Å². The highest BCUT2D eigenvalue weighted by molar-refractivity contribution is 7.19. The third-order valence-corrected chi connectivity index (χ3v) is 8.28. The van der Waals surface area contributed by atoms with E-state index in [4.69, 9.17) is 0 Å². The highest BCUT2D eigenvalue weighted by atomic mass is 31.0. The van der Waals surface area contributed by atoms with Crippen molar-refractivity contribution in [1.29, 1.82) is 0 Å². The molecule has 3 rings (SSSR count). The Morgan fingerprint density at radius 2 is 0.952 bits per heavy atom. The molecule has 3 fully saturated rings. The average molecular weight is 308 g/mol. The van der Waals surface area contributed by atoms with E-state index in [0.29, 0.717) is 5.16 Å². The first-order chi connectivity index (χ1) is 10.3. The average Bonchev–Trinajstić information content (AvgIpc) is 2.57. The third kappa shape index (κ3) is 4.04. The van der Waals surface area contributed by atoms with Crippen molar-refractivity contribution < 1.29 is 0 Å². The molecule has 3 aliphatic carbocycles. The van der Waals surface area contributed by atoms with Crippen LogP contribution in [0.15, 0.2) is 0 Å². The summed E-state index contributed by atoms with van der Waals surface area (Å²) in [6.07, 6.45) is 24.4. The number of rotatable bonds is 4. The quantitative estimate of drug-likeness (QED) is 0.505. The van der Waals surface area contributed by atoms with Gasteiger partial charge in [0.25, 0.3) is 0 Å². The summed E-state index contributed by atoms with van der Waals surface area (Å²) in [7, 11) is 3.50. The van der Waals surface area contributed by atoms with Gasteiger partial charge in [-0.15, -0.1) is 9.24 Å². The molecule has 0 radical (unpaired) electrons. The standard InChI is InChI=1S/C20H37P/c21-20(18-12-6-2-7-13-18,19-14-8-3-9-15-19)16-17-10-4-1-5-11-17/h17-19H,1-16,21H2. The second-order valence-corrected chi connectivity index (χ2v) is 9.57. The molecule has 0 aromatic heterocycles. The zero-order valence-corrected chi connectivity index (χ0v) is 15.3. The van der Waals surface area contributed by atoms with Gasteiger partial charge in [-0.1, -0.05) is 70.6 Å². The fraction of sp³-hybridized carbons (Fsp3) is 1.00. The second-order valence-electron chi connectivity index (χ2n) is 8.49. The lowest BCUT2D eigenvalue weighted by Crippen LogP contribution is -2.43. The molecule has 3 saturated carbocycles. The molecule has 0 bridgehead atoms. The molecule has 1 unspecified atom stereocenters. The van der Waals surface area contributed by atoms with Crippen molar-refractivity contribution in [3.63, 3.8) is 0 Å². The maximum atomic E-state index is 3.50. The van der Waals surface area contributed by atoms with Crippen LogP contribution in [0, 0.1) is 17.8 Å². The first kappa shape index (κ1) is 16.3. The van der Waals surface area contributed by atoms with Crippen LogP contribution in [0.25, 0.3) is 0 Å². The van der Waals surface area contributed by atoms with E-state index < -0.39 is 0 Å². The van der Waals surface area contributed by atoms with Crippen molar-refractivity contribution in [2.24, 2.45) is 17.8 Å². The van der Waals surface area contributed by atoms with Gasteiger partial charge in [-0.25, -0.2) is 0 Å². The maximum absolute atomic E-state index is 3.50. The van der Waals surface area contributed by atoms with Crippen LogP contribution in [-0.2, 0) is 0 Å². The maximum Gasteiger partial charge on any atom is -0.00912 e. The van der Waals surface area contributed by atoms with Crippen LogP contribution in [0.2, 0.25) is 0 Å². The minimum absolute atomic E-state index is 0.614. The van der Waals surface area contributed by atoms with Gasteiger partial charge in [0, 0.05) is 0 Å². The first-order valence-corrected chi connectivity index (χ1v) is 10.7. The summed E-state index contributed by atoms with van der Waals surface area (Å²) in [6, 6.07) is 0. The van der Waals surface area contributed by atoms with Crippen LogP contribution in [0.4, 0.5) is 0 Å². The van der Waals surface area contributed by atoms with E-state index in [1.54, 1.807) is 6.42 Å². The van der Waals surface area contributed by atoms with Gasteiger partial charge in [-0.3, -0.25) is 0 Å². The minimum atomic E-state index is 0.614. The topological polar surface area (TPSA) is 0 Å².